The summed E-state index contributed by atoms with van der Waals surface area (Å²) in [4.78, 5) is 0. The third kappa shape index (κ3) is 2.21. The molecule has 0 spiro atoms. The van der Waals surface area contributed by atoms with E-state index in [1.54, 1.807) is 11.8 Å². The van der Waals surface area contributed by atoms with Gasteiger partial charge in [0.1, 0.15) is 6.10 Å². The molecule has 2 aromatic carbocycles. The molecule has 2 saturated carbocycles. The summed E-state index contributed by atoms with van der Waals surface area (Å²) in [5.74, 6) is 1.45. The van der Waals surface area contributed by atoms with E-state index in [0.717, 1.165) is 5.92 Å². The molecule has 120 valence electrons. The zero-order valence-corrected chi connectivity index (χ0v) is 14.0. The van der Waals surface area contributed by atoms with Gasteiger partial charge >= 0.3 is 0 Å². The molecule has 1 heteroatoms. The summed E-state index contributed by atoms with van der Waals surface area (Å²) in [6.45, 7) is 6.09. The number of hydrogen-bond donors (Lipinski definition) is 0. The highest BCUT2D eigenvalue weighted by Gasteiger charge is 2.56. The second-order valence-electron chi connectivity index (χ2n) is 7.41. The van der Waals surface area contributed by atoms with E-state index in [1.165, 1.54) is 42.9 Å². The second-order valence-corrected chi connectivity index (χ2v) is 7.41. The number of hydrogen-bond acceptors (Lipinski definition) is 1. The fourth-order valence-electron chi connectivity index (χ4n) is 5.55. The monoisotopic (exact) mass is 306 g/mol. The van der Waals surface area contributed by atoms with Crippen LogP contribution in [-0.4, -0.2) is 6.10 Å². The van der Waals surface area contributed by atoms with Gasteiger partial charge in [-0.3, -0.25) is 0 Å². The molecule has 0 radical (unpaired) electrons. The van der Waals surface area contributed by atoms with Crippen molar-refractivity contribution in [1.29, 1.82) is 0 Å². The Balaban J connectivity index is 1.79. The lowest BCUT2D eigenvalue weighted by Crippen LogP contribution is -2.37. The first-order valence-electron chi connectivity index (χ1n) is 9.03. The number of benzene rings is 2. The van der Waals surface area contributed by atoms with Crippen LogP contribution in [0.3, 0.4) is 0 Å². The van der Waals surface area contributed by atoms with Gasteiger partial charge in [-0.2, -0.15) is 0 Å². The van der Waals surface area contributed by atoms with Crippen LogP contribution in [0.4, 0.5) is 0 Å². The van der Waals surface area contributed by atoms with Crippen molar-refractivity contribution in [2.45, 2.75) is 50.5 Å². The maximum Gasteiger partial charge on any atom is 0.101 e. The van der Waals surface area contributed by atoms with Crippen molar-refractivity contribution in [1.82, 2.24) is 0 Å². The lowest BCUT2D eigenvalue weighted by molar-refractivity contribution is 0.0641. The van der Waals surface area contributed by atoms with Crippen molar-refractivity contribution in [2.24, 2.45) is 11.8 Å². The molecule has 2 aromatic rings. The van der Waals surface area contributed by atoms with E-state index in [9.17, 15) is 0 Å². The summed E-state index contributed by atoms with van der Waals surface area (Å²) >= 11 is 0. The number of ether oxygens (including phenoxy) is 1. The van der Waals surface area contributed by atoms with Crippen LogP contribution in [0.25, 0.3) is 10.8 Å². The largest absolute Gasteiger partial charge is 0.498 e. The van der Waals surface area contributed by atoms with E-state index in [-0.39, 0.29) is 0 Å². The smallest absolute Gasteiger partial charge is 0.101 e. The molecule has 2 aliphatic carbocycles. The Bertz CT molecular complexity index is 713. The summed E-state index contributed by atoms with van der Waals surface area (Å²) in [6.07, 6.45) is 8.38. The lowest BCUT2D eigenvalue weighted by atomic mass is 9.64. The van der Waals surface area contributed by atoms with Gasteiger partial charge in [0.05, 0.1) is 6.26 Å². The first kappa shape index (κ1) is 14.8. The zero-order valence-electron chi connectivity index (χ0n) is 14.0. The van der Waals surface area contributed by atoms with E-state index < -0.39 is 0 Å². The summed E-state index contributed by atoms with van der Waals surface area (Å²) < 4.78 is 5.80. The summed E-state index contributed by atoms with van der Waals surface area (Å²) in [7, 11) is 0. The molecule has 23 heavy (non-hydrogen) atoms. The molecular weight excluding hydrogens is 280 g/mol. The molecule has 2 aliphatic rings. The average molecular weight is 306 g/mol. The number of fused-ring (bicyclic) bond motifs is 3. The molecule has 0 amide bonds. The van der Waals surface area contributed by atoms with Crippen LogP contribution in [0.15, 0.2) is 55.3 Å². The lowest BCUT2D eigenvalue weighted by Gasteiger charge is -2.41. The summed E-state index contributed by atoms with van der Waals surface area (Å²) in [5.41, 5.74) is 1.93. The summed E-state index contributed by atoms with van der Waals surface area (Å²) in [5, 5.41) is 2.83. The Hall–Kier alpha value is -1.76. The Kier molecular flexibility index (Phi) is 3.67. The van der Waals surface area contributed by atoms with Gasteiger partial charge in [-0.05, 0) is 59.3 Å². The van der Waals surface area contributed by atoms with Crippen LogP contribution in [0.2, 0.25) is 0 Å². The van der Waals surface area contributed by atoms with Gasteiger partial charge in [-0.1, -0.05) is 62.4 Å². The minimum atomic E-state index is 0.349. The van der Waals surface area contributed by atoms with Crippen LogP contribution in [0, 0.1) is 11.8 Å². The maximum absolute atomic E-state index is 5.80. The van der Waals surface area contributed by atoms with Crippen LogP contribution in [0.1, 0.15) is 44.6 Å². The van der Waals surface area contributed by atoms with Gasteiger partial charge in [-0.25, -0.2) is 0 Å². The van der Waals surface area contributed by atoms with Crippen LogP contribution in [0.5, 0.6) is 0 Å². The Morgan fingerprint density at radius 2 is 2.00 bits per heavy atom. The Morgan fingerprint density at radius 3 is 2.74 bits per heavy atom. The second kappa shape index (κ2) is 5.70. The van der Waals surface area contributed by atoms with Crippen molar-refractivity contribution in [3.8, 4) is 0 Å². The van der Waals surface area contributed by atoms with Gasteiger partial charge < -0.3 is 4.74 Å². The quantitative estimate of drug-likeness (QED) is 0.631. The molecule has 4 atom stereocenters. The Labute approximate surface area is 139 Å². The van der Waals surface area contributed by atoms with Crippen molar-refractivity contribution >= 4 is 10.8 Å². The molecule has 0 aromatic heterocycles. The van der Waals surface area contributed by atoms with E-state index in [0.29, 0.717) is 17.4 Å². The maximum atomic E-state index is 5.80. The molecule has 0 aliphatic heterocycles. The highest BCUT2D eigenvalue weighted by Crippen LogP contribution is 2.60. The molecular formula is C22H26O. The highest BCUT2D eigenvalue weighted by atomic mass is 16.5. The third-order valence-electron chi connectivity index (χ3n) is 6.33. The SMILES string of the molecule is C=COC1CC2CC1CC2(CCC)c1cccc2ccccc12. The van der Waals surface area contributed by atoms with Gasteiger partial charge in [0, 0.05) is 0 Å². The Morgan fingerprint density at radius 1 is 1.17 bits per heavy atom. The zero-order chi connectivity index (χ0) is 15.9. The minimum absolute atomic E-state index is 0.349. The molecule has 4 rings (SSSR count). The van der Waals surface area contributed by atoms with Crippen LogP contribution >= 0.6 is 0 Å². The first-order valence-corrected chi connectivity index (χ1v) is 9.03. The van der Waals surface area contributed by atoms with Gasteiger partial charge in [0.2, 0.25) is 0 Å². The highest BCUT2D eigenvalue weighted by molar-refractivity contribution is 5.86. The van der Waals surface area contributed by atoms with Crippen molar-refractivity contribution in [3.63, 3.8) is 0 Å². The fourth-order valence-corrected chi connectivity index (χ4v) is 5.55. The minimum Gasteiger partial charge on any atom is -0.498 e. The van der Waals surface area contributed by atoms with Crippen molar-refractivity contribution in [2.75, 3.05) is 0 Å². The van der Waals surface area contributed by atoms with E-state index in [4.69, 9.17) is 4.74 Å². The number of rotatable bonds is 5. The van der Waals surface area contributed by atoms with E-state index in [1.807, 2.05) is 0 Å². The normalized spacial score (nSPS) is 32.3. The van der Waals surface area contributed by atoms with E-state index in [2.05, 4.69) is 56.0 Å². The molecule has 2 bridgehead atoms. The first-order chi connectivity index (χ1) is 11.3. The molecule has 0 N–H and O–H groups in total. The van der Waals surface area contributed by atoms with Crippen molar-refractivity contribution < 1.29 is 4.74 Å². The molecule has 0 heterocycles. The van der Waals surface area contributed by atoms with Gasteiger partial charge in [0.15, 0.2) is 0 Å². The topological polar surface area (TPSA) is 9.23 Å². The predicted molar refractivity (Wildman–Crippen MR) is 96.4 cm³/mol. The fraction of sp³-hybridized carbons (Fsp3) is 0.455. The standard InChI is InChI=1S/C22H26O/c1-3-12-22(15-17-13-18(22)14-21(17)23-4-2)20-11-7-9-16-8-5-6-10-19(16)20/h4-11,17-18,21H,2-3,12-15H2,1H3. The van der Waals surface area contributed by atoms with Crippen molar-refractivity contribution in [3.05, 3.63) is 60.9 Å². The van der Waals surface area contributed by atoms with Crippen LogP contribution in [-0.2, 0) is 10.2 Å². The third-order valence-corrected chi connectivity index (χ3v) is 6.33. The molecule has 4 unspecified atom stereocenters. The molecule has 1 nitrogen and oxygen atoms in total. The molecule has 0 saturated heterocycles. The van der Waals surface area contributed by atoms with Gasteiger partial charge in [-0.15, -0.1) is 0 Å². The summed E-state index contributed by atoms with van der Waals surface area (Å²) in [6, 6.07) is 15.8. The average Bonchev–Trinajstić information content (AvgIpc) is 3.13. The van der Waals surface area contributed by atoms with Crippen LogP contribution < -0.4 is 0 Å². The predicted octanol–water partition coefficient (Wildman–Crippen LogP) is 5.84. The van der Waals surface area contributed by atoms with E-state index >= 15 is 0 Å². The molecule has 2 fully saturated rings. The van der Waals surface area contributed by atoms with Gasteiger partial charge in [0.25, 0.3) is 0 Å².